The number of nitrogens with zero attached hydrogens (tertiary/aromatic N) is 2. The third-order valence-electron chi connectivity index (χ3n) is 3.92. The maximum absolute atomic E-state index is 11.8. The fourth-order valence-corrected chi connectivity index (χ4v) is 2.72. The number of nitrogens with one attached hydrogen (secondary N) is 1. The highest BCUT2D eigenvalue weighted by Crippen LogP contribution is 2.19. The molecule has 1 aromatic carbocycles. The predicted octanol–water partition coefficient (Wildman–Crippen LogP) is 3.01. The zero-order valence-electron chi connectivity index (χ0n) is 13.3. The summed E-state index contributed by atoms with van der Waals surface area (Å²) < 4.78 is 10.7. The van der Waals surface area contributed by atoms with Crippen LogP contribution in [0.1, 0.15) is 31.6 Å². The highest BCUT2D eigenvalue weighted by molar-refractivity contribution is 6.30. The van der Waals surface area contributed by atoms with Crippen molar-refractivity contribution in [1.82, 2.24) is 15.5 Å². The molecule has 0 saturated carbocycles. The number of rotatable bonds is 7. The lowest BCUT2D eigenvalue weighted by molar-refractivity contribution is -0.121. The molecule has 1 aliphatic heterocycles. The molecule has 2 aromatic rings. The van der Waals surface area contributed by atoms with Gasteiger partial charge >= 0.3 is 0 Å². The summed E-state index contributed by atoms with van der Waals surface area (Å²) >= 11 is 5.86. The van der Waals surface area contributed by atoms with E-state index in [0.29, 0.717) is 42.5 Å². The van der Waals surface area contributed by atoms with Crippen LogP contribution >= 0.6 is 11.6 Å². The molecule has 7 heteroatoms. The molecule has 1 N–H and O–H groups in total. The molecular weight excluding hydrogens is 330 g/mol. The van der Waals surface area contributed by atoms with Gasteiger partial charge in [-0.15, -0.1) is 0 Å². The molecule has 2 heterocycles. The largest absolute Gasteiger partial charge is 0.376 e. The molecule has 0 bridgehead atoms. The van der Waals surface area contributed by atoms with Crippen molar-refractivity contribution >= 4 is 17.5 Å². The van der Waals surface area contributed by atoms with Crippen molar-refractivity contribution in [3.63, 3.8) is 0 Å². The summed E-state index contributed by atoms with van der Waals surface area (Å²) in [5.41, 5.74) is 0.851. The molecule has 0 radical (unpaired) electrons. The number of amides is 1. The maximum atomic E-state index is 11.8. The first-order valence-corrected chi connectivity index (χ1v) is 8.55. The van der Waals surface area contributed by atoms with E-state index >= 15 is 0 Å². The van der Waals surface area contributed by atoms with Gasteiger partial charge in [0.05, 0.1) is 6.10 Å². The second-order valence-electron chi connectivity index (χ2n) is 5.81. The second-order valence-corrected chi connectivity index (χ2v) is 6.25. The van der Waals surface area contributed by atoms with Crippen molar-refractivity contribution in [3.8, 4) is 11.4 Å². The van der Waals surface area contributed by atoms with E-state index in [1.165, 1.54) is 0 Å². The van der Waals surface area contributed by atoms with E-state index in [2.05, 4.69) is 15.5 Å². The minimum atomic E-state index is 0.0305. The fourth-order valence-electron chi connectivity index (χ4n) is 2.59. The highest BCUT2D eigenvalue weighted by Gasteiger charge is 2.16. The summed E-state index contributed by atoms with van der Waals surface area (Å²) in [6.45, 7) is 1.40. The Morgan fingerprint density at radius 3 is 2.92 bits per heavy atom. The first kappa shape index (κ1) is 16.9. The Labute approximate surface area is 145 Å². The van der Waals surface area contributed by atoms with Crippen LogP contribution in [0.3, 0.4) is 0 Å². The minimum Gasteiger partial charge on any atom is -0.376 e. The Kier molecular flexibility index (Phi) is 5.82. The fraction of sp³-hybridized carbons (Fsp3) is 0.471. The number of ether oxygens (including phenoxy) is 1. The first-order chi connectivity index (χ1) is 11.7. The molecule has 1 fully saturated rings. The van der Waals surface area contributed by atoms with E-state index in [4.69, 9.17) is 20.9 Å². The molecule has 1 saturated heterocycles. The number of carbonyl (C=O) groups excluding carboxylic acids is 1. The number of hydrogen-bond donors (Lipinski definition) is 1. The lowest BCUT2D eigenvalue weighted by Gasteiger charge is -2.10. The van der Waals surface area contributed by atoms with Gasteiger partial charge in [0, 0.05) is 36.6 Å². The Hall–Kier alpha value is -1.92. The van der Waals surface area contributed by atoms with Crippen molar-refractivity contribution in [2.24, 2.45) is 0 Å². The molecule has 128 valence electrons. The van der Waals surface area contributed by atoms with Gasteiger partial charge in [0.1, 0.15) is 0 Å². The quantitative estimate of drug-likeness (QED) is 0.831. The van der Waals surface area contributed by atoms with E-state index in [0.717, 1.165) is 25.0 Å². The van der Waals surface area contributed by atoms with Gasteiger partial charge in [0.25, 0.3) is 0 Å². The van der Waals surface area contributed by atoms with Crippen LogP contribution in [0.25, 0.3) is 11.4 Å². The van der Waals surface area contributed by atoms with Crippen LogP contribution in [-0.2, 0) is 16.0 Å². The van der Waals surface area contributed by atoms with Crippen LogP contribution in [-0.4, -0.2) is 35.3 Å². The number of aromatic nitrogens is 2. The Bertz CT molecular complexity index is 666. The smallest absolute Gasteiger partial charge is 0.226 e. The van der Waals surface area contributed by atoms with Gasteiger partial charge in [-0.2, -0.15) is 4.98 Å². The van der Waals surface area contributed by atoms with Gasteiger partial charge in [-0.3, -0.25) is 4.79 Å². The summed E-state index contributed by atoms with van der Waals surface area (Å²) in [5.74, 6) is 1.10. The maximum Gasteiger partial charge on any atom is 0.226 e. The lowest BCUT2D eigenvalue weighted by atomic mass is 10.2. The summed E-state index contributed by atoms with van der Waals surface area (Å²) in [4.78, 5) is 16.1. The van der Waals surface area contributed by atoms with E-state index in [9.17, 15) is 4.79 Å². The molecule has 1 amide bonds. The molecule has 24 heavy (non-hydrogen) atoms. The van der Waals surface area contributed by atoms with Gasteiger partial charge in [-0.25, -0.2) is 0 Å². The average Bonchev–Trinajstić information content (AvgIpc) is 3.25. The van der Waals surface area contributed by atoms with Crippen LogP contribution in [0.5, 0.6) is 0 Å². The van der Waals surface area contributed by atoms with Crippen molar-refractivity contribution in [2.75, 3.05) is 13.2 Å². The molecule has 1 aromatic heterocycles. The SMILES string of the molecule is O=C(CCCc1nc(-c2ccc(Cl)cc2)no1)NC[C@H]1CCCO1. The summed E-state index contributed by atoms with van der Waals surface area (Å²) in [5, 5.41) is 7.52. The first-order valence-electron chi connectivity index (χ1n) is 8.17. The van der Waals surface area contributed by atoms with Crippen LogP contribution in [0, 0.1) is 0 Å². The van der Waals surface area contributed by atoms with E-state index in [1.54, 1.807) is 12.1 Å². The van der Waals surface area contributed by atoms with Crippen molar-refractivity contribution in [2.45, 2.75) is 38.2 Å². The molecule has 0 unspecified atom stereocenters. The summed E-state index contributed by atoms with van der Waals surface area (Å²) in [6, 6.07) is 7.25. The lowest BCUT2D eigenvalue weighted by Crippen LogP contribution is -2.31. The van der Waals surface area contributed by atoms with Crippen LogP contribution in [0.15, 0.2) is 28.8 Å². The zero-order valence-corrected chi connectivity index (χ0v) is 14.1. The number of halogens is 1. The van der Waals surface area contributed by atoms with Crippen molar-refractivity contribution in [1.29, 1.82) is 0 Å². The number of hydrogen-bond acceptors (Lipinski definition) is 5. The topological polar surface area (TPSA) is 77.2 Å². The monoisotopic (exact) mass is 349 g/mol. The van der Waals surface area contributed by atoms with Crippen molar-refractivity contribution < 1.29 is 14.1 Å². The zero-order chi connectivity index (χ0) is 16.8. The van der Waals surface area contributed by atoms with Crippen LogP contribution in [0.4, 0.5) is 0 Å². The minimum absolute atomic E-state index is 0.0305. The van der Waals surface area contributed by atoms with Crippen LogP contribution in [0.2, 0.25) is 5.02 Å². The molecular formula is C17H20ClN3O3. The second kappa shape index (κ2) is 8.26. The Balaban J connectivity index is 1.40. The van der Waals surface area contributed by atoms with Gasteiger partial charge in [-0.05, 0) is 43.5 Å². The van der Waals surface area contributed by atoms with Gasteiger partial charge in [0.15, 0.2) is 0 Å². The molecule has 0 aliphatic carbocycles. The molecule has 1 atom stereocenters. The Morgan fingerprint density at radius 1 is 1.33 bits per heavy atom. The summed E-state index contributed by atoms with van der Waals surface area (Å²) in [7, 11) is 0. The van der Waals surface area contributed by atoms with Gasteiger partial charge in [0.2, 0.25) is 17.6 Å². The number of benzene rings is 1. The standard InChI is InChI=1S/C17H20ClN3O3/c18-13-8-6-12(7-9-13)17-20-16(24-21-17)5-1-4-15(22)19-11-14-3-2-10-23-14/h6-9,14H,1-5,10-11H2,(H,19,22)/t14-/m1/s1. The Morgan fingerprint density at radius 2 is 2.17 bits per heavy atom. The number of carbonyl (C=O) groups is 1. The van der Waals surface area contributed by atoms with Gasteiger partial charge in [-0.1, -0.05) is 16.8 Å². The van der Waals surface area contributed by atoms with Crippen molar-refractivity contribution in [3.05, 3.63) is 35.2 Å². The number of aryl methyl sites for hydroxylation is 1. The highest BCUT2D eigenvalue weighted by atomic mass is 35.5. The third-order valence-corrected chi connectivity index (χ3v) is 4.17. The predicted molar refractivity (Wildman–Crippen MR) is 89.7 cm³/mol. The molecule has 3 rings (SSSR count). The summed E-state index contributed by atoms with van der Waals surface area (Å²) in [6.07, 6.45) is 3.95. The molecule has 1 aliphatic rings. The third kappa shape index (κ3) is 4.79. The van der Waals surface area contributed by atoms with E-state index in [-0.39, 0.29) is 12.0 Å². The molecule has 6 nitrogen and oxygen atoms in total. The van der Waals surface area contributed by atoms with E-state index in [1.807, 2.05) is 12.1 Å². The van der Waals surface area contributed by atoms with Crippen LogP contribution < -0.4 is 5.32 Å². The van der Waals surface area contributed by atoms with Gasteiger partial charge < -0.3 is 14.6 Å². The molecule has 0 spiro atoms. The van der Waals surface area contributed by atoms with E-state index < -0.39 is 0 Å². The normalized spacial score (nSPS) is 17.1. The average molecular weight is 350 g/mol.